The number of thiophene rings is 1. The first kappa shape index (κ1) is 25.5. The Morgan fingerprint density at radius 3 is 2.08 bits per heavy atom. The quantitative estimate of drug-likeness (QED) is 0.227. The molecular weight excluding hydrogens is 487 g/mol. The molecule has 0 aliphatic carbocycles. The molecule has 0 saturated carbocycles. The van der Waals surface area contributed by atoms with E-state index < -0.39 is 11.7 Å². The summed E-state index contributed by atoms with van der Waals surface area (Å²) in [7, 11) is 0. The SMILES string of the molecule is Cc1cc(C)c(-c2sc3c(-c4cc(C(C)(C)C)c5ccccc5c4)ncc(C(F)(F)F)c3c2C)c(C)c1. The Hall–Kier alpha value is -3.18. The van der Waals surface area contributed by atoms with E-state index in [0.717, 1.165) is 55.2 Å². The lowest BCUT2D eigenvalue weighted by Crippen LogP contribution is -2.12. The Labute approximate surface area is 220 Å². The van der Waals surface area contributed by atoms with Crippen LogP contribution in [0.4, 0.5) is 13.2 Å². The van der Waals surface area contributed by atoms with Gasteiger partial charge in [0.15, 0.2) is 0 Å². The van der Waals surface area contributed by atoms with Gasteiger partial charge in [0.05, 0.1) is 16.0 Å². The number of hydrogen-bond donors (Lipinski definition) is 0. The lowest BCUT2D eigenvalue weighted by molar-refractivity contribution is -0.136. The van der Waals surface area contributed by atoms with Gasteiger partial charge in [0.25, 0.3) is 0 Å². The maximum atomic E-state index is 14.2. The molecule has 0 radical (unpaired) electrons. The Morgan fingerprint density at radius 1 is 0.811 bits per heavy atom. The summed E-state index contributed by atoms with van der Waals surface area (Å²) < 4.78 is 43.3. The van der Waals surface area contributed by atoms with Crippen LogP contribution in [0.5, 0.6) is 0 Å². The number of aromatic nitrogens is 1. The van der Waals surface area contributed by atoms with Gasteiger partial charge in [0, 0.05) is 22.0 Å². The third kappa shape index (κ3) is 4.33. The molecule has 0 saturated heterocycles. The van der Waals surface area contributed by atoms with Gasteiger partial charge in [-0.25, -0.2) is 0 Å². The highest BCUT2D eigenvalue weighted by Crippen LogP contribution is 2.48. The summed E-state index contributed by atoms with van der Waals surface area (Å²) in [5.74, 6) is 0. The molecule has 5 aromatic rings. The average Bonchev–Trinajstić information content (AvgIpc) is 3.12. The molecule has 3 aromatic carbocycles. The molecule has 5 rings (SSSR count). The van der Waals surface area contributed by atoms with Crippen molar-refractivity contribution in [3.63, 3.8) is 0 Å². The maximum Gasteiger partial charge on any atom is 0.418 e. The number of pyridine rings is 1. The number of halogens is 3. The van der Waals surface area contributed by atoms with Crippen molar-refractivity contribution in [2.45, 2.75) is 60.1 Å². The largest absolute Gasteiger partial charge is 0.418 e. The predicted molar refractivity (Wildman–Crippen MR) is 151 cm³/mol. The van der Waals surface area contributed by atoms with Gasteiger partial charge in [-0.2, -0.15) is 13.2 Å². The van der Waals surface area contributed by atoms with E-state index in [1.807, 2.05) is 39.8 Å². The molecular formula is C32H30F3NS. The van der Waals surface area contributed by atoms with E-state index in [1.54, 1.807) is 0 Å². The van der Waals surface area contributed by atoms with E-state index in [-0.39, 0.29) is 10.8 Å². The number of rotatable bonds is 2. The molecule has 0 fully saturated rings. The van der Waals surface area contributed by atoms with Gasteiger partial charge in [-0.3, -0.25) is 4.98 Å². The monoisotopic (exact) mass is 517 g/mol. The average molecular weight is 518 g/mol. The van der Waals surface area contributed by atoms with Crippen LogP contribution in [0.2, 0.25) is 0 Å². The summed E-state index contributed by atoms with van der Waals surface area (Å²) in [4.78, 5) is 5.35. The van der Waals surface area contributed by atoms with Crippen molar-refractivity contribution >= 4 is 32.2 Å². The summed E-state index contributed by atoms with van der Waals surface area (Å²) in [5.41, 5.74) is 6.70. The summed E-state index contributed by atoms with van der Waals surface area (Å²) in [5, 5.41) is 2.46. The standard InChI is InChI=1S/C32H30F3NS/c1-17-12-18(2)26(19(3)13-17)29-20(4)27-25(32(33,34)35)16-36-28(30(27)37-29)22-14-21-10-8-9-11-23(21)24(15-22)31(5,6)7/h8-16H,1-7H3. The van der Waals surface area contributed by atoms with Crippen LogP contribution in [0.1, 0.15) is 54.2 Å². The molecule has 2 heterocycles. The minimum absolute atomic E-state index is 0.146. The highest BCUT2D eigenvalue weighted by molar-refractivity contribution is 7.23. The number of alkyl halides is 3. The molecule has 37 heavy (non-hydrogen) atoms. The summed E-state index contributed by atoms with van der Waals surface area (Å²) in [6, 6.07) is 16.5. The number of fused-ring (bicyclic) bond motifs is 2. The Morgan fingerprint density at radius 2 is 1.46 bits per heavy atom. The smallest absolute Gasteiger partial charge is 0.254 e. The Kier molecular flexibility index (Phi) is 5.99. The molecule has 0 aliphatic heterocycles. The first-order valence-corrected chi connectivity index (χ1v) is 13.2. The van der Waals surface area contributed by atoms with Crippen molar-refractivity contribution in [1.29, 1.82) is 0 Å². The molecule has 0 atom stereocenters. The third-order valence-electron chi connectivity index (χ3n) is 7.11. The van der Waals surface area contributed by atoms with Crippen molar-refractivity contribution in [2.24, 2.45) is 0 Å². The summed E-state index contributed by atoms with van der Waals surface area (Å²) in [6.07, 6.45) is -3.48. The second kappa shape index (κ2) is 8.70. The lowest BCUT2D eigenvalue weighted by atomic mass is 9.82. The second-order valence-electron chi connectivity index (χ2n) is 11.0. The zero-order valence-electron chi connectivity index (χ0n) is 22.2. The number of hydrogen-bond acceptors (Lipinski definition) is 2. The fourth-order valence-corrected chi connectivity index (χ4v) is 7.04. The molecule has 0 spiro atoms. The van der Waals surface area contributed by atoms with Crippen LogP contribution in [0.15, 0.2) is 54.7 Å². The highest BCUT2D eigenvalue weighted by atomic mass is 32.1. The van der Waals surface area contributed by atoms with Gasteiger partial charge >= 0.3 is 6.18 Å². The van der Waals surface area contributed by atoms with Crippen LogP contribution >= 0.6 is 11.3 Å². The summed E-state index contributed by atoms with van der Waals surface area (Å²) in [6.45, 7) is 14.4. The Balaban J connectivity index is 1.89. The maximum absolute atomic E-state index is 14.2. The van der Waals surface area contributed by atoms with E-state index in [9.17, 15) is 13.2 Å². The zero-order valence-corrected chi connectivity index (χ0v) is 23.0. The van der Waals surface area contributed by atoms with E-state index in [1.165, 1.54) is 11.3 Å². The van der Waals surface area contributed by atoms with E-state index in [2.05, 4.69) is 62.2 Å². The van der Waals surface area contributed by atoms with Crippen LogP contribution in [-0.2, 0) is 11.6 Å². The fraction of sp³-hybridized carbons (Fsp3) is 0.281. The van der Waals surface area contributed by atoms with Gasteiger partial charge in [-0.1, -0.05) is 62.7 Å². The number of nitrogens with zero attached hydrogens (tertiary/aromatic N) is 1. The molecule has 1 nitrogen and oxygen atoms in total. The van der Waals surface area contributed by atoms with E-state index in [4.69, 9.17) is 0 Å². The van der Waals surface area contributed by atoms with E-state index >= 15 is 0 Å². The highest BCUT2D eigenvalue weighted by Gasteiger charge is 2.36. The molecule has 5 heteroatoms. The van der Waals surface area contributed by atoms with Gasteiger partial charge in [0.1, 0.15) is 0 Å². The number of aryl methyl sites for hydroxylation is 4. The molecule has 0 aliphatic rings. The van der Waals surface area contributed by atoms with Gasteiger partial charge < -0.3 is 0 Å². The summed E-state index contributed by atoms with van der Waals surface area (Å²) >= 11 is 1.42. The molecule has 190 valence electrons. The molecule has 0 N–H and O–H groups in total. The first-order chi connectivity index (χ1) is 17.3. The second-order valence-corrected chi connectivity index (χ2v) is 12.1. The number of benzene rings is 3. The van der Waals surface area contributed by atoms with Crippen LogP contribution < -0.4 is 0 Å². The van der Waals surface area contributed by atoms with E-state index in [0.29, 0.717) is 16.0 Å². The van der Waals surface area contributed by atoms with Gasteiger partial charge in [-0.05, 0) is 83.8 Å². The Bertz CT molecular complexity index is 1660. The lowest BCUT2D eigenvalue weighted by Gasteiger charge is -2.23. The van der Waals surface area contributed by atoms with Gasteiger partial charge in [-0.15, -0.1) is 11.3 Å². The topological polar surface area (TPSA) is 12.9 Å². The molecule has 0 bridgehead atoms. The van der Waals surface area contributed by atoms with Crippen LogP contribution in [0, 0.1) is 27.7 Å². The minimum atomic E-state index is -4.50. The van der Waals surface area contributed by atoms with Crippen molar-refractivity contribution in [3.05, 3.63) is 88.1 Å². The minimum Gasteiger partial charge on any atom is -0.254 e. The predicted octanol–water partition coefficient (Wildman–Crippen LogP) is 10.3. The fourth-order valence-electron chi connectivity index (χ4n) is 5.52. The third-order valence-corrected chi connectivity index (χ3v) is 8.42. The van der Waals surface area contributed by atoms with Crippen molar-refractivity contribution < 1.29 is 13.2 Å². The zero-order chi connectivity index (χ0) is 26.9. The van der Waals surface area contributed by atoms with Crippen molar-refractivity contribution in [3.8, 4) is 21.7 Å². The molecule has 0 amide bonds. The van der Waals surface area contributed by atoms with Crippen molar-refractivity contribution in [2.75, 3.05) is 0 Å². The normalized spacial score (nSPS) is 12.6. The van der Waals surface area contributed by atoms with Gasteiger partial charge in [0.2, 0.25) is 0 Å². The van der Waals surface area contributed by atoms with Crippen LogP contribution in [-0.4, -0.2) is 4.98 Å². The van der Waals surface area contributed by atoms with Crippen LogP contribution in [0.25, 0.3) is 42.6 Å². The van der Waals surface area contributed by atoms with Crippen LogP contribution in [0.3, 0.4) is 0 Å². The molecule has 0 unspecified atom stereocenters. The molecule has 2 aromatic heterocycles. The first-order valence-electron chi connectivity index (χ1n) is 12.4. The van der Waals surface area contributed by atoms with Crippen molar-refractivity contribution in [1.82, 2.24) is 4.98 Å².